The Morgan fingerprint density at radius 2 is 1.55 bits per heavy atom. The molecule has 0 unspecified atom stereocenters. The number of methoxy groups -OCH3 is 2. The molecule has 0 aliphatic rings. The molecule has 0 atom stereocenters. The van der Waals surface area contributed by atoms with Crippen molar-refractivity contribution in [1.82, 2.24) is 0 Å². The molecule has 0 fully saturated rings. The van der Waals surface area contributed by atoms with Crippen LogP contribution in [0.25, 0.3) is 0 Å². The van der Waals surface area contributed by atoms with Gasteiger partial charge in [0.05, 0.1) is 32.9 Å². The molecule has 6 heteroatoms. The number of hydrogen-bond donors (Lipinski definition) is 2. The highest BCUT2D eigenvalue weighted by molar-refractivity contribution is 5.91. The second kappa shape index (κ2) is 10.0. The molecule has 2 N–H and O–H groups in total. The van der Waals surface area contributed by atoms with Gasteiger partial charge in [0, 0.05) is 17.4 Å². The molecule has 0 saturated heterocycles. The van der Waals surface area contributed by atoms with Gasteiger partial charge in [-0.3, -0.25) is 4.79 Å². The van der Waals surface area contributed by atoms with Crippen molar-refractivity contribution in [2.45, 2.75) is 6.42 Å². The van der Waals surface area contributed by atoms with Gasteiger partial charge in [-0.05, 0) is 48.5 Å². The summed E-state index contributed by atoms with van der Waals surface area (Å²) in [5.41, 5.74) is 2.38. The van der Waals surface area contributed by atoms with Crippen LogP contribution >= 0.6 is 0 Å². The molecule has 0 bridgehead atoms. The molecular formula is C23H24N2O4. The molecule has 0 aromatic heterocycles. The van der Waals surface area contributed by atoms with Crippen molar-refractivity contribution < 1.29 is 19.0 Å². The first kappa shape index (κ1) is 20.1. The molecule has 0 aliphatic heterocycles. The van der Waals surface area contributed by atoms with Crippen molar-refractivity contribution in [2.24, 2.45) is 0 Å². The maximum Gasteiger partial charge on any atom is 0.227 e. The fraction of sp³-hybridized carbons (Fsp3) is 0.174. The first-order valence-corrected chi connectivity index (χ1v) is 9.25. The van der Waals surface area contributed by atoms with Crippen LogP contribution < -0.4 is 24.8 Å². The average Bonchev–Trinajstić information content (AvgIpc) is 2.76. The summed E-state index contributed by atoms with van der Waals surface area (Å²) in [5, 5.41) is 6.16. The number of nitrogens with one attached hydrogen (secondary N) is 2. The molecule has 0 heterocycles. The van der Waals surface area contributed by atoms with E-state index < -0.39 is 0 Å². The van der Waals surface area contributed by atoms with E-state index >= 15 is 0 Å². The summed E-state index contributed by atoms with van der Waals surface area (Å²) in [6.07, 6.45) is 0.274. The van der Waals surface area contributed by atoms with E-state index in [-0.39, 0.29) is 12.3 Å². The van der Waals surface area contributed by atoms with Gasteiger partial charge in [-0.2, -0.15) is 0 Å². The van der Waals surface area contributed by atoms with Crippen LogP contribution in [0.1, 0.15) is 6.42 Å². The normalized spacial score (nSPS) is 10.1. The number of carbonyl (C=O) groups excluding carboxylic acids is 1. The number of benzene rings is 3. The van der Waals surface area contributed by atoms with E-state index in [4.69, 9.17) is 14.2 Å². The molecule has 0 saturated carbocycles. The molecule has 0 aliphatic carbocycles. The maximum atomic E-state index is 12.1. The predicted molar refractivity (Wildman–Crippen MR) is 114 cm³/mol. The van der Waals surface area contributed by atoms with E-state index in [1.54, 1.807) is 14.2 Å². The van der Waals surface area contributed by atoms with Crippen LogP contribution in [-0.4, -0.2) is 26.7 Å². The summed E-state index contributed by atoms with van der Waals surface area (Å²) in [4.78, 5) is 12.1. The van der Waals surface area contributed by atoms with Crippen LogP contribution in [0.3, 0.4) is 0 Å². The van der Waals surface area contributed by atoms with Crippen molar-refractivity contribution in [1.29, 1.82) is 0 Å². The Morgan fingerprint density at radius 1 is 0.828 bits per heavy atom. The zero-order valence-corrected chi connectivity index (χ0v) is 16.5. The average molecular weight is 392 g/mol. The number of carbonyl (C=O) groups is 1. The summed E-state index contributed by atoms with van der Waals surface area (Å²) < 4.78 is 16.2. The lowest BCUT2D eigenvalue weighted by molar-refractivity contribution is -0.116. The third-order valence-corrected chi connectivity index (χ3v) is 4.20. The summed E-state index contributed by atoms with van der Waals surface area (Å²) >= 11 is 0. The first-order valence-electron chi connectivity index (χ1n) is 9.25. The lowest BCUT2D eigenvalue weighted by Crippen LogP contribution is -2.15. The largest absolute Gasteiger partial charge is 0.497 e. The highest BCUT2D eigenvalue weighted by Crippen LogP contribution is 2.31. The predicted octanol–water partition coefficient (Wildman–Crippen LogP) is 4.86. The van der Waals surface area contributed by atoms with Gasteiger partial charge in [-0.15, -0.1) is 0 Å². The van der Waals surface area contributed by atoms with Gasteiger partial charge in [-0.1, -0.05) is 18.2 Å². The van der Waals surface area contributed by atoms with E-state index in [2.05, 4.69) is 10.6 Å². The van der Waals surface area contributed by atoms with Crippen molar-refractivity contribution in [2.75, 3.05) is 31.5 Å². The van der Waals surface area contributed by atoms with E-state index in [1.165, 1.54) is 0 Å². The number of para-hydroxylation sites is 1. The Hall–Kier alpha value is -3.67. The zero-order chi connectivity index (χ0) is 20.5. The minimum Gasteiger partial charge on any atom is -0.497 e. The fourth-order valence-electron chi connectivity index (χ4n) is 2.71. The Kier molecular flexibility index (Phi) is 6.95. The second-order valence-corrected chi connectivity index (χ2v) is 6.23. The lowest BCUT2D eigenvalue weighted by atomic mass is 10.2. The number of hydrogen-bond acceptors (Lipinski definition) is 5. The zero-order valence-electron chi connectivity index (χ0n) is 16.5. The number of ether oxygens (including phenoxy) is 3. The monoisotopic (exact) mass is 392 g/mol. The summed E-state index contributed by atoms with van der Waals surface area (Å²) in [6.45, 7) is 0.325. The quantitative estimate of drug-likeness (QED) is 0.545. The Morgan fingerprint density at radius 3 is 2.24 bits per heavy atom. The van der Waals surface area contributed by atoms with Gasteiger partial charge in [0.15, 0.2) is 0 Å². The molecule has 6 nitrogen and oxygen atoms in total. The molecule has 3 aromatic rings. The first-order chi connectivity index (χ1) is 14.2. The maximum absolute atomic E-state index is 12.1. The second-order valence-electron chi connectivity index (χ2n) is 6.23. The summed E-state index contributed by atoms with van der Waals surface area (Å²) in [6, 6.07) is 22.4. The van der Waals surface area contributed by atoms with Gasteiger partial charge in [-0.25, -0.2) is 0 Å². The molecule has 150 valence electrons. The molecule has 0 radical (unpaired) electrons. The lowest BCUT2D eigenvalue weighted by Gasteiger charge is -2.13. The van der Waals surface area contributed by atoms with Crippen LogP contribution in [0.5, 0.6) is 17.2 Å². The van der Waals surface area contributed by atoms with Gasteiger partial charge >= 0.3 is 0 Å². The third kappa shape index (κ3) is 5.90. The summed E-state index contributed by atoms with van der Waals surface area (Å²) in [7, 11) is 3.24. The molecule has 3 rings (SSSR count). The van der Waals surface area contributed by atoms with Crippen molar-refractivity contribution in [3.05, 3.63) is 72.8 Å². The molecule has 29 heavy (non-hydrogen) atoms. The van der Waals surface area contributed by atoms with Gasteiger partial charge in [0.25, 0.3) is 0 Å². The van der Waals surface area contributed by atoms with Gasteiger partial charge < -0.3 is 24.8 Å². The van der Waals surface area contributed by atoms with Crippen LogP contribution in [0.4, 0.5) is 17.1 Å². The van der Waals surface area contributed by atoms with E-state index in [0.717, 1.165) is 28.6 Å². The topological polar surface area (TPSA) is 68.8 Å². The fourth-order valence-corrected chi connectivity index (χ4v) is 2.71. The molecule has 1 amide bonds. The van der Waals surface area contributed by atoms with Crippen LogP contribution in [0.2, 0.25) is 0 Å². The summed E-state index contributed by atoms with van der Waals surface area (Å²) in [5.74, 6) is 2.09. The number of amides is 1. The van der Waals surface area contributed by atoms with E-state index in [9.17, 15) is 4.79 Å². The Balaban J connectivity index is 1.53. The van der Waals surface area contributed by atoms with E-state index in [0.29, 0.717) is 12.4 Å². The van der Waals surface area contributed by atoms with E-state index in [1.807, 2.05) is 72.8 Å². The third-order valence-electron chi connectivity index (χ3n) is 4.20. The Labute approximate surface area is 170 Å². The van der Waals surface area contributed by atoms with Crippen molar-refractivity contribution in [3.63, 3.8) is 0 Å². The standard InChI is InChI=1S/C23H24N2O4/c1-27-20-12-13-22(28-2)21(16-20)24-17-8-10-18(11-9-17)25-23(26)14-15-29-19-6-4-3-5-7-19/h3-13,16,24H,14-15H2,1-2H3,(H,25,26). The van der Waals surface area contributed by atoms with Gasteiger partial charge in [0.1, 0.15) is 17.2 Å². The highest BCUT2D eigenvalue weighted by atomic mass is 16.5. The number of rotatable bonds is 9. The number of anilines is 3. The van der Waals surface area contributed by atoms with Crippen LogP contribution in [0, 0.1) is 0 Å². The smallest absolute Gasteiger partial charge is 0.227 e. The SMILES string of the molecule is COc1ccc(OC)c(Nc2ccc(NC(=O)CCOc3ccccc3)cc2)c1. The highest BCUT2D eigenvalue weighted by Gasteiger charge is 2.07. The minimum absolute atomic E-state index is 0.101. The minimum atomic E-state index is -0.101. The Bertz CT molecular complexity index is 927. The molecular weight excluding hydrogens is 368 g/mol. The van der Waals surface area contributed by atoms with Crippen molar-refractivity contribution in [3.8, 4) is 17.2 Å². The van der Waals surface area contributed by atoms with Crippen LogP contribution in [0.15, 0.2) is 72.8 Å². The van der Waals surface area contributed by atoms with Gasteiger partial charge in [0.2, 0.25) is 5.91 Å². The molecule has 3 aromatic carbocycles. The van der Waals surface area contributed by atoms with Crippen LogP contribution in [-0.2, 0) is 4.79 Å². The van der Waals surface area contributed by atoms with Crippen molar-refractivity contribution >= 4 is 23.0 Å². The molecule has 0 spiro atoms.